The molecule has 1 aliphatic heterocycles. The van der Waals surface area contributed by atoms with Crippen molar-refractivity contribution >= 4 is 11.9 Å². The molecule has 1 fully saturated rings. The number of hydrogen-bond donors (Lipinski definition) is 0. The minimum Gasteiger partial charge on any atom is -0.457 e. The zero-order chi connectivity index (χ0) is 13.7. The Morgan fingerprint density at radius 3 is 2.06 bits per heavy atom. The molecule has 7 heteroatoms. The Balaban J connectivity index is 2.82. The molecular weight excluding hydrogens is 244 g/mol. The molecule has 1 rings (SSSR count). The first-order valence-corrected chi connectivity index (χ1v) is 5.51. The van der Waals surface area contributed by atoms with E-state index in [1.807, 2.05) is 0 Å². The molecule has 7 nitrogen and oxygen atoms in total. The summed E-state index contributed by atoms with van der Waals surface area (Å²) in [5, 5.41) is 0. The van der Waals surface area contributed by atoms with Crippen LogP contribution < -0.4 is 0 Å². The Labute approximate surface area is 105 Å². The van der Waals surface area contributed by atoms with Gasteiger partial charge in [0, 0.05) is 28.1 Å². The van der Waals surface area contributed by atoms with Gasteiger partial charge >= 0.3 is 11.9 Å². The Kier molecular flexibility index (Phi) is 5.52. The SMILES string of the molecule is CO[C@H]1OC[C@@H](OC(C)=O)[C@H](OC)[C@H]1OC(C)=O. The van der Waals surface area contributed by atoms with Crippen LogP contribution in [0.5, 0.6) is 0 Å². The van der Waals surface area contributed by atoms with Gasteiger partial charge in [-0.15, -0.1) is 0 Å². The molecule has 18 heavy (non-hydrogen) atoms. The molecule has 0 spiro atoms. The van der Waals surface area contributed by atoms with Crippen LogP contribution in [0.1, 0.15) is 13.8 Å². The van der Waals surface area contributed by atoms with Gasteiger partial charge in [-0.1, -0.05) is 0 Å². The topological polar surface area (TPSA) is 80.3 Å². The molecule has 0 bridgehead atoms. The standard InChI is InChI=1S/C11H18O7/c1-6(12)17-8-5-16-11(15-4)10(9(8)14-3)18-7(2)13/h8-11H,5H2,1-4H3/t8-,9+,10-,11+/m1/s1. The number of carbonyl (C=O) groups excluding carboxylic acids is 2. The van der Waals surface area contributed by atoms with Crippen molar-refractivity contribution in [3.8, 4) is 0 Å². The lowest BCUT2D eigenvalue weighted by Gasteiger charge is -2.39. The van der Waals surface area contributed by atoms with Gasteiger partial charge in [-0.25, -0.2) is 0 Å². The average molecular weight is 262 g/mol. The normalized spacial score (nSPS) is 31.8. The van der Waals surface area contributed by atoms with E-state index in [0.29, 0.717) is 0 Å². The molecule has 1 aliphatic rings. The molecule has 0 saturated carbocycles. The highest BCUT2D eigenvalue weighted by Crippen LogP contribution is 2.23. The van der Waals surface area contributed by atoms with E-state index < -0.39 is 36.5 Å². The van der Waals surface area contributed by atoms with E-state index in [9.17, 15) is 9.59 Å². The number of esters is 2. The quantitative estimate of drug-likeness (QED) is 0.653. The lowest BCUT2D eigenvalue weighted by atomic mass is 10.0. The van der Waals surface area contributed by atoms with Crippen LogP contribution in [0, 0.1) is 0 Å². The number of carbonyl (C=O) groups is 2. The maximum Gasteiger partial charge on any atom is 0.303 e. The van der Waals surface area contributed by atoms with Crippen LogP contribution in [0.4, 0.5) is 0 Å². The maximum atomic E-state index is 11.1. The molecule has 0 N–H and O–H groups in total. The van der Waals surface area contributed by atoms with Crippen LogP contribution in [-0.2, 0) is 33.3 Å². The summed E-state index contributed by atoms with van der Waals surface area (Å²) >= 11 is 0. The average Bonchev–Trinajstić information content (AvgIpc) is 2.28. The second-order valence-electron chi connectivity index (χ2n) is 3.86. The van der Waals surface area contributed by atoms with Gasteiger partial charge < -0.3 is 23.7 Å². The van der Waals surface area contributed by atoms with Crippen LogP contribution in [0.25, 0.3) is 0 Å². The summed E-state index contributed by atoms with van der Waals surface area (Å²) in [5.74, 6) is -0.945. The van der Waals surface area contributed by atoms with Crippen molar-refractivity contribution in [1.82, 2.24) is 0 Å². The Bertz CT molecular complexity index is 304. The summed E-state index contributed by atoms with van der Waals surface area (Å²) in [6.07, 6.45) is -2.79. The molecule has 1 heterocycles. The van der Waals surface area contributed by atoms with E-state index >= 15 is 0 Å². The van der Waals surface area contributed by atoms with E-state index in [1.165, 1.54) is 28.1 Å². The highest BCUT2D eigenvalue weighted by molar-refractivity contribution is 5.67. The molecule has 1 saturated heterocycles. The van der Waals surface area contributed by atoms with Crippen LogP contribution in [0.3, 0.4) is 0 Å². The monoisotopic (exact) mass is 262 g/mol. The van der Waals surface area contributed by atoms with Crippen molar-refractivity contribution in [3.05, 3.63) is 0 Å². The third-order valence-corrected chi connectivity index (χ3v) is 2.51. The highest BCUT2D eigenvalue weighted by atomic mass is 16.7. The van der Waals surface area contributed by atoms with Gasteiger partial charge in [0.2, 0.25) is 0 Å². The fourth-order valence-electron chi connectivity index (χ4n) is 1.86. The number of hydrogen-bond acceptors (Lipinski definition) is 7. The fraction of sp³-hybridized carbons (Fsp3) is 0.818. The first-order valence-electron chi connectivity index (χ1n) is 5.51. The minimum absolute atomic E-state index is 0.119. The summed E-state index contributed by atoms with van der Waals surface area (Å²) in [5.41, 5.74) is 0. The predicted molar refractivity (Wildman–Crippen MR) is 58.7 cm³/mol. The molecule has 104 valence electrons. The summed E-state index contributed by atoms with van der Waals surface area (Å²) in [7, 11) is 2.87. The van der Waals surface area contributed by atoms with E-state index in [1.54, 1.807) is 0 Å². The third kappa shape index (κ3) is 3.66. The molecule has 0 aromatic rings. The first-order chi connectivity index (χ1) is 8.49. The summed E-state index contributed by atoms with van der Waals surface area (Å²) in [6.45, 7) is 2.68. The molecule has 0 aromatic heterocycles. The third-order valence-electron chi connectivity index (χ3n) is 2.51. The first kappa shape index (κ1) is 14.9. The van der Waals surface area contributed by atoms with Gasteiger partial charge in [-0.05, 0) is 0 Å². The Hall–Kier alpha value is -1.18. The fourth-order valence-corrected chi connectivity index (χ4v) is 1.86. The highest BCUT2D eigenvalue weighted by Gasteiger charge is 2.45. The van der Waals surface area contributed by atoms with E-state index in [-0.39, 0.29) is 6.61 Å². The van der Waals surface area contributed by atoms with Crippen LogP contribution in [-0.4, -0.2) is 57.4 Å². The molecule has 0 aromatic carbocycles. The van der Waals surface area contributed by atoms with Gasteiger partial charge in [0.05, 0.1) is 6.61 Å². The predicted octanol–water partition coefficient (Wildman–Crippen LogP) is -0.133. The van der Waals surface area contributed by atoms with Gasteiger partial charge in [-0.2, -0.15) is 0 Å². The van der Waals surface area contributed by atoms with E-state index in [0.717, 1.165) is 0 Å². The summed E-state index contributed by atoms with van der Waals surface area (Å²) in [6, 6.07) is 0. The van der Waals surface area contributed by atoms with E-state index in [2.05, 4.69) is 0 Å². The molecule has 0 radical (unpaired) electrons. The van der Waals surface area contributed by atoms with Gasteiger partial charge in [0.25, 0.3) is 0 Å². The minimum atomic E-state index is -0.782. The van der Waals surface area contributed by atoms with Crippen LogP contribution >= 0.6 is 0 Å². The van der Waals surface area contributed by atoms with Crippen molar-refractivity contribution in [2.24, 2.45) is 0 Å². The lowest BCUT2D eigenvalue weighted by molar-refractivity contribution is -0.274. The van der Waals surface area contributed by atoms with Crippen molar-refractivity contribution in [2.45, 2.75) is 38.4 Å². The summed E-state index contributed by atoms with van der Waals surface area (Å²) in [4.78, 5) is 22.0. The van der Waals surface area contributed by atoms with Gasteiger partial charge in [0.15, 0.2) is 18.5 Å². The van der Waals surface area contributed by atoms with Gasteiger partial charge in [-0.3, -0.25) is 9.59 Å². The smallest absolute Gasteiger partial charge is 0.303 e. The van der Waals surface area contributed by atoms with Crippen molar-refractivity contribution < 1.29 is 33.3 Å². The number of rotatable bonds is 4. The van der Waals surface area contributed by atoms with Crippen molar-refractivity contribution in [3.63, 3.8) is 0 Å². The number of methoxy groups -OCH3 is 2. The van der Waals surface area contributed by atoms with Crippen molar-refractivity contribution in [2.75, 3.05) is 20.8 Å². The second kappa shape index (κ2) is 6.67. The van der Waals surface area contributed by atoms with Crippen LogP contribution in [0.15, 0.2) is 0 Å². The molecule has 0 amide bonds. The molecule has 0 unspecified atom stereocenters. The largest absolute Gasteiger partial charge is 0.457 e. The maximum absolute atomic E-state index is 11.1. The molecule has 4 atom stereocenters. The van der Waals surface area contributed by atoms with E-state index in [4.69, 9.17) is 23.7 Å². The van der Waals surface area contributed by atoms with Crippen molar-refractivity contribution in [1.29, 1.82) is 0 Å². The Morgan fingerprint density at radius 2 is 1.61 bits per heavy atom. The van der Waals surface area contributed by atoms with Crippen LogP contribution in [0.2, 0.25) is 0 Å². The Morgan fingerprint density at radius 1 is 1.00 bits per heavy atom. The molecular formula is C11H18O7. The van der Waals surface area contributed by atoms with Gasteiger partial charge in [0.1, 0.15) is 6.10 Å². The summed E-state index contributed by atoms with van der Waals surface area (Å²) < 4.78 is 25.8. The second-order valence-corrected chi connectivity index (χ2v) is 3.86. The zero-order valence-electron chi connectivity index (χ0n) is 10.9. The lowest BCUT2D eigenvalue weighted by Crippen LogP contribution is -2.57. The molecule has 0 aliphatic carbocycles. The number of ether oxygens (including phenoxy) is 5. The zero-order valence-corrected chi connectivity index (χ0v) is 10.9.